The van der Waals surface area contributed by atoms with Crippen molar-refractivity contribution in [1.82, 2.24) is 10.3 Å². The van der Waals surface area contributed by atoms with Crippen LogP contribution in [-0.4, -0.2) is 36.5 Å². The van der Waals surface area contributed by atoms with E-state index in [1.54, 1.807) is 17.4 Å². The van der Waals surface area contributed by atoms with Gasteiger partial charge in [0, 0.05) is 24.0 Å². The van der Waals surface area contributed by atoms with Crippen LogP contribution in [0.15, 0.2) is 29.6 Å². The van der Waals surface area contributed by atoms with Crippen LogP contribution in [0, 0.1) is 0 Å². The molecule has 1 aromatic carbocycles. The zero-order valence-corrected chi connectivity index (χ0v) is 15.1. The molecule has 1 aliphatic heterocycles. The Morgan fingerprint density at radius 1 is 1.40 bits per heavy atom. The van der Waals surface area contributed by atoms with Crippen molar-refractivity contribution in [3.8, 4) is 5.75 Å². The number of ether oxygens (including phenoxy) is 1. The van der Waals surface area contributed by atoms with Gasteiger partial charge >= 0.3 is 0 Å². The highest BCUT2D eigenvalue weighted by Gasteiger charge is 2.32. The van der Waals surface area contributed by atoms with Crippen molar-refractivity contribution in [2.45, 2.75) is 32.2 Å². The first-order valence-corrected chi connectivity index (χ1v) is 9.18. The number of aryl methyl sites for hydroxylation is 1. The average molecular weight is 359 g/mol. The Morgan fingerprint density at radius 3 is 2.84 bits per heavy atom. The maximum Gasteiger partial charge on any atom is 0.271 e. The number of carbonyl (C=O) groups is 2. The molecule has 132 valence electrons. The van der Waals surface area contributed by atoms with Crippen molar-refractivity contribution < 1.29 is 14.3 Å². The van der Waals surface area contributed by atoms with Gasteiger partial charge in [0.15, 0.2) is 0 Å². The van der Waals surface area contributed by atoms with Crippen LogP contribution in [0.2, 0.25) is 0 Å². The van der Waals surface area contributed by atoms with Gasteiger partial charge in [-0.25, -0.2) is 4.98 Å². The third-order valence-electron chi connectivity index (χ3n) is 4.09. The molecule has 2 amide bonds. The van der Waals surface area contributed by atoms with Gasteiger partial charge in [-0.05, 0) is 37.1 Å². The van der Waals surface area contributed by atoms with Crippen LogP contribution < -0.4 is 15.0 Å². The number of benzene rings is 1. The predicted octanol–water partition coefficient (Wildman–Crippen LogP) is 2.64. The smallest absolute Gasteiger partial charge is 0.271 e. The van der Waals surface area contributed by atoms with Gasteiger partial charge in [-0.1, -0.05) is 6.92 Å². The molecule has 1 unspecified atom stereocenters. The van der Waals surface area contributed by atoms with E-state index < -0.39 is 0 Å². The molecule has 3 rings (SSSR count). The number of nitrogens with zero attached hydrogens (tertiary/aromatic N) is 2. The zero-order chi connectivity index (χ0) is 17.8. The molecule has 0 radical (unpaired) electrons. The minimum atomic E-state index is -0.215. The fourth-order valence-corrected chi connectivity index (χ4v) is 3.70. The molecule has 0 aliphatic carbocycles. The molecule has 1 aromatic heterocycles. The molecular formula is C18H21N3O3S. The van der Waals surface area contributed by atoms with Crippen molar-refractivity contribution in [1.29, 1.82) is 0 Å². The lowest BCUT2D eigenvalue weighted by atomic mass is 10.2. The third kappa shape index (κ3) is 3.99. The number of amides is 2. The number of methoxy groups -OCH3 is 1. The Bertz CT molecular complexity index is 757. The highest BCUT2D eigenvalue weighted by atomic mass is 32.1. The van der Waals surface area contributed by atoms with Gasteiger partial charge in [-0.3, -0.25) is 9.59 Å². The molecule has 0 spiro atoms. The molecule has 25 heavy (non-hydrogen) atoms. The number of thiazole rings is 1. The maximum absolute atomic E-state index is 12.3. The number of carbonyl (C=O) groups excluding carboxylic acids is 2. The fourth-order valence-electron chi connectivity index (χ4n) is 2.82. The molecule has 0 saturated carbocycles. The maximum atomic E-state index is 12.3. The Labute approximate surface area is 150 Å². The Balaban J connectivity index is 1.62. The van der Waals surface area contributed by atoms with E-state index in [9.17, 15) is 9.59 Å². The molecule has 1 atom stereocenters. The average Bonchev–Trinajstić information content (AvgIpc) is 3.22. The zero-order valence-electron chi connectivity index (χ0n) is 14.3. The summed E-state index contributed by atoms with van der Waals surface area (Å²) in [5.74, 6) is 0.528. The lowest BCUT2D eigenvalue weighted by molar-refractivity contribution is -0.117. The highest BCUT2D eigenvalue weighted by Crippen LogP contribution is 2.24. The summed E-state index contributed by atoms with van der Waals surface area (Å²) in [7, 11) is 1.60. The molecule has 1 fully saturated rings. The standard InChI is InChI=1S/C18H21N3O3S/c1-3-4-16-20-15(11-25-16)18(23)19-12-9-17(22)21(10-12)13-5-7-14(24-2)8-6-13/h5-8,11-12H,3-4,9-10H2,1-2H3,(H,19,23). The molecule has 1 N–H and O–H groups in total. The normalized spacial score (nSPS) is 17.0. The lowest BCUT2D eigenvalue weighted by Crippen LogP contribution is -2.37. The summed E-state index contributed by atoms with van der Waals surface area (Å²) in [5, 5.41) is 5.67. The second kappa shape index (κ2) is 7.65. The topological polar surface area (TPSA) is 71.5 Å². The number of hydrogen-bond acceptors (Lipinski definition) is 5. The molecule has 6 nitrogen and oxygen atoms in total. The first-order chi connectivity index (χ1) is 12.1. The van der Waals surface area contributed by atoms with E-state index in [1.807, 2.05) is 24.3 Å². The third-order valence-corrected chi connectivity index (χ3v) is 5.00. The van der Waals surface area contributed by atoms with E-state index in [-0.39, 0.29) is 17.9 Å². The summed E-state index contributed by atoms with van der Waals surface area (Å²) in [4.78, 5) is 30.7. The second-order valence-electron chi connectivity index (χ2n) is 5.95. The van der Waals surface area contributed by atoms with E-state index in [4.69, 9.17) is 4.74 Å². The molecule has 1 aliphatic rings. The van der Waals surface area contributed by atoms with Gasteiger partial charge in [0.25, 0.3) is 5.91 Å². The molecule has 2 heterocycles. The van der Waals surface area contributed by atoms with E-state index >= 15 is 0 Å². The van der Waals surface area contributed by atoms with Crippen LogP contribution >= 0.6 is 11.3 Å². The van der Waals surface area contributed by atoms with Crippen molar-refractivity contribution in [3.05, 3.63) is 40.3 Å². The van der Waals surface area contributed by atoms with Crippen molar-refractivity contribution in [3.63, 3.8) is 0 Å². The van der Waals surface area contributed by atoms with Crippen LogP contribution in [0.5, 0.6) is 5.75 Å². The number of nitrogens with one attached hydrogen (secondary N) is 1. The predicted molar refractivity (Wildman–Crippen MR) is 97.3 cm³/mol. The lowest BCUT2D eigenvalue weighted by Gasteiger charge is -2.17. The Morgan fingerprint density at radius 2 is 2.16 bits per heavy atom. The van der Waals surface area contributed by atoms with Gasteiger partial charge in [0.05, 0.1) is 18.2 Å². The van der Waals surface area contributed by atoms with Gasteiger partial charge in [0.2, 0.25) is 5.91 Å². The number of anilines is 1. The van der Waals surface area contributed by atoms with Gasteiger partial charge in [-0.2, -0.15) is 0 Å². The first kappa shape index (κ1) is 17.4. The number of rotatable bonds is 6. The quantitative estimate of drug-likeness (QED) is 0.861. The van der Waals surface area contributed by atoms with E-state index in [0.717, 1.165) is 29.3 Å². The van der Waals surface area contributed by atoms with Crippen LogP contribution in [0.4, 0.5) is 5.69 Å². The number of aromatic nitrogens is 1. The number of hydrogen-bond donors (Lipinski definition) is 1. The largest absolute Gasteiger partial charge is 0.497 e. The molecule has 0 bridgehead atoms. The molecular weight excluding hydrogens is 338 g/mol. The second-order valence-corrected chi connectivity index (χ2v) is 6.90. The first-order valence-electron chi connectivity index (χ1n) is 8.30. The van der Waals surface area contributed by atoms with Gasteiger partial charge in [0.1, 0.15) is 11.4 Å². The molecule has 7 heteroatoms. The van der Waals surface area contributed by atoms with Crippen molar-refractivity contribution in [2.24, 2.45) is 0 Å². The van der Waals surface area contributed by atoms with E-state index in [0.29, 0.717) is 18.7 Å². The summed E-state index contributed by atoms with van der Waals surface area (Å²) < 4.78 is 5.13. The van der Waals surface area contributed by atoms with E-state index in [2.05, 4.69) is 17.2 Å². The minimum absolute atomic E-state index is 0.000386. The Hall–Kier alpha value is -2.41. The monoisotopic (exact) mass is 359 g/mol. The molecule has 2 aromatic rings. The fraction of sp³-hybridized carbons (Fsp3) is 0.389. The van der Waals surface area contributed by atoms with Crippen molar-refractivity contribution >= 4 is 28.8 Å². The van der Waals surface area contributed by atoms with Crippen LogP contribution in [0.1, 0.15) is 35.3 Å². The molecule has 1 saturated heterocycles. The van der Waals surface area contributed by atoms with E-state index in [1.165, 1.54) is 11.3 Å². The van der Waals surface area contributed by atoms with Crippen molar-refractivity contribution in [2.75, 3.05) is 18.6 Å². The minimum Gasteiger partial charge on any atom is -0.497 e. The SMILES string of the molecule is CCCc1nc(C(=O)NC2CC(=O)N(c3ccc(OC)cc3)C2)cs1. The Kier molecular flexibility index (Phi) is 5.33. The summed E-state index contributed by atoms with van der Waals surface area (Å²) >= 11 is 1.50. The summed E-state index contributed by atoms with van der Waals surface area (Å²) in [5.41, 5.74) is 1.24. The van der Waals surface area contributed by atoms with Gasteiger partial charge in [-0.15, -0.1) is 11.3 Å². The van der Waals surface area contributed by atoms with Gasteiger partial charge < -0.3 is 15.0 Å². The summed E-state index contributed by atoms with van der Waals surface area (Å²) in [6.45, 7) is 2.54. The van der Waals surface area contributed by atoms with Crippen LogP contribution in [0.25, 0.3) is 0 Å². The highest BCUT2D eigenvalue weighted by molar-refractivity contribution is 7.09. The van der Waals surface area contributed by atoms with Crippen LogP contribution in [0.3, 0.4) is 0 Å². The summed E-state index contributed by atoms with van der Waals surface area (Å²) in [6.07, 6.45) is 2.18. The van der Waals surface area contributed by atoms with Crippen LogP contribution in [-0.2, 0) is 11.2 Å². The summed E-state index contributed by atoms with van der Waals surface area (Å²) in [6, 6.07) is 7.12.